The number of nitrogens with zero attached hydrogens (tertiary/aromatic N) is 3. The third-order valence-corrected chi connectivity index (χ3v) is 8.66. The molecule has 1 aliphatic rings. The summed E-state index contributed by atoms with van der Waals surface area (Å²) in [5.74, 6) is 2.75. The summed E-state index contributed by atoms with van der Waals surface area (Å²) < 4.78 is 11.5. The van der Waals surface area contributed by atoms with Gasteiger partial charge in [0, 0.05) is 53.9 Å². The van der Waals surface area contributed by atoms with Crippen LogP contribution in [0.4, 0.5) is 11.4 Å². The molecule has 0 radical (unpaired) electrons. The van der Waals surface area contributed by atoms with Crippen molar-refractivity contribution in [3.05, 3.63) is 102 Å². The quantitative estimate of drug-likeness (QED) is 0.104. The lowest BCUT2D eigenvalue weighted by Crippen LogP contribution is -2.29. The molecule has 7 nitrogen and oxygen atoms in total. The summed E-state index contributed by atoms with van der Waals surface area (Å²) >= 11 is 1.67. The molecule has 0 bridgehead atoms. The summed E-state index contributed by atoms with van der Waals surface area (Å²) in [5, 5.41) is 3.13. The topological polar surface area (TPSA) is 76.6 Å². The predicted octanol–water partition coefficient (Wildman–Crippen LogP) is 8.52. The number of amides is 1. The van der Waals surface area contributed by atoms with Crippen molar-refractivity contribution in [1.82, 2.24) is 9.97 Å². The molecule has 0 unspecified atom stereocenters. The third kappa shape index (κ3) is 9.68. The van der Waals surface area contributed by atoms with Gasteiger partial charge in [-0.1, -0.05) is 45.4 Å². The second-order valence-electron chi connectivity index (χ2n) is 11.8. The Morgan fingerprint density at radius 1 is 0.957 bits per heavy atom. The molecule has 0 saturated carbocycles. The second kappa shape index (κ2) is 17.0. The van der Waals surface area contributed by atoms with Gasteiger partial charge in [0.05, 0.1) is 12.4 Å². The fourth-order valence-electron chi connectivity index (χ4n) is 5.29. The highest BCUT2D eigenvalue weighted by Crippen LogP contribution is 2.34. The average molecular weight is 637 g/mol. The molecular formula is C38H44N4O3S. The van der Waals surface area contributed by atoms with Gasteiger partial charge in [-0.25, -0.2) is 9.97 Å². The van der Waals surface area contributed by atoms with E-state index < -0.39 is 0 Å². The van der Waals surface area contributed by atoms with E-state index in [1.54, 1.807) is 24.2 Å². The number of hydrogen-bond donors (Lipinski definition) is 1. The highest BCUT2D eigenvalue weighted by atomic mass is 32.2. The molecule has 0 spiro atoms. The van der Waals surface area contributed by atoms with Crippen molar-refractivity contribution in [2.45, 2.75) is 50.7 Å². The second-order valence-corrected chi connectivity index (χ2v) is 12.9. The Kier molecular flexibility index (Phi) is 12.3. The molecule has 2 heterocycles. The largest absolute Gasteiger partial charge is 0.491 e. The van der Waals surface area contributed by atoms with Crippen molar-refractivity contribution in [3.63, 3.8) is 0 Å². The van der Waals surface area contributed by atoms with Crippen molar-refractivity contribution >= 4 is 35.1 Å². The van der Waals surface area contributed by atoms with Gasteiger partial charge in [0.15, 0.2) is 0 Å². The van der Waals surface area contributed by atoms with Gasteiger partial charge in [0.1, 0.15) is 18.2 Å². The molecule has 5 rings (SSSR count). The molecule has 0 saturated heterocycles. The summed E-state index contributed by atoms with van der Waals surface area (Å²) in [6, 6.07) is 24.5. The minimum Gasteiger partial charge on any atom is -0.491 e. The van der Waals surface area contributed by atoms with E-state index in [-0.39, 0.29) is 5.91 Å². The van der Waals surface area contributed by atoms with Crippen LogP contribution in [0.15, 0.2) is 95.7 Å². The number of carbonyl (C=O) groups is 1. The number of unbranched alkanes of at least 4 members (excludes halogenated alkanes) is 1. The van der Waals surface area contributed by atoms with E-state index in [9.17, 15) is 4.79 Å². The first-order valence-electron chi connectivity index (χ1n) is 16.2. The minimum absolute atomic E-state index is 0.0685. The van der Waals surface area contributed by atoms with Crippen LogP contribution >= 0.6 is 11.8 Å². The molecule has 1 aromatic heterocycles. The van der Waals surface area contributed by atoms with Crippen LogP contribution in [-0.4, -0.2) is 48.8 Å². The van der Waals surface area contributed by atoms with E-state index in [1.807, 2.05) is 42.5 Å². The van der Waals surface area contributed by atoms with Crippen molar-refractivity contribution in [2.24, 2.45) is 5.92 Å². The first-order chi connectivity index (χ1) is 22.5. The third-order valence-electron chi connectivity index (χ3n) is 7.65. The smallest absolute Gasteiger partial charge is 0.251 e. The molecule has 1 amide bonds. The van der Waals surface area contributed by atoms with Gasteiger partial charge in [-0.05, 0) is 96.1 Å². The number of carbonyl (C=O) groups excluding carboxylic acids is 1. The van der Waals surface area contributed by atoms with Gasteiger partial charge < -0.3 is 19.7 Å². The Balaban J connectivity index is 1.27. The first kappa shape index (κ1) is 33.2. The van der Waals surface area contributed by atoms with Crippen LogP contribution in [0.2, 0.25) is 0 Å². The molecule has 46 heavy (non-hydrogen) atoms. The zero-order chi connectivity index (χ0) is 32.1. The summed E-state index contributed by atoms with van der Waals surface area (Å²) in [4.78, 5) is 25.6. The first-order valence-corrected chi connectivity index (χ1v) is 17.2. The molecular weight excluding hydrogens is 593 g/mol. The summed E-state index contributed by atoms with van der Waals surface area (Å²) in [6.07, 6.45) is 8.45. The van der Waals surface area contributed by atoms with Gasteiger partial charge in [-0.3, -0.25) is 4.79 Å². The molecule has 240 valence electrons. The van der Waals surface area contributed by atoms with Crippen LogP contribution in [0.5, 0.6) is 5.75 Å². The molecule has 0 atom stereocenters. The Bertz CT molecular complexity index is 1570. The molecule has 1 N–H and O–H groups in total. The SMILES string of the molecule is CCCCOCCOc1ccc(-c2ccc3c(c2)C=C(C(=O)Nc2ccc(SCc4ncccn4)cc2)CCN3CC(C)C)cc1. The fraction of sp³-hybridized carbons (Fsp3) is 0.342. The molecule has 8 heteroatoms. The monoisotopic (exact) mass is 636 g/mol. The van der Waals surface area contributed by atoms with Crippen LogP contribution in [0.1, 0.15) is 51.4 Å². The highest BCUT2D eigenvalue weighted by Gasteiger charge is 2.21. The van der Waals surface area contributed by atoms with E-state index in [4.69, 9.17) is 9.47 Å². The van der Waals surface area contributed by atoms with Crippen molar-refractivity contribution in [1.29, 1.82) is 0 Å². The minimum atomic E-state index is -0.0685. The van der Waals surface area contributed by atoms with Crippen LogP contribution in [0, 0.1) is 5.92 Å². The molecule has 1 aliphatic heterocycles. The average Bonchev–Trinajstić information content (AvgIpc) is 3.25. The molecule has 4 aromatic rings. The lowest BCUT2D eigenvalue weighted by atomic mass is 10.00. The summed E-state index contributed by atoms with van der Waals surface area (Å²) in [6.45, 7) is 10.2. The van der Waals surface area contributed by atoms with E-state index >= 15 is 0 Å². The van der Waals surface area contributed by atoms with Crippen molar-refractivity contribution in [3.8, 4) is 16.9 Å². The van der Waals surface area contributed by atoms with E-state index in [2.05, 4.69) is 77.4 Å². The van der Waals surface area contributed by atoms with E-state index in [1.165, 1.54) is 0 Å². The normalized spacial score (nSPS) is 12.8. The maximum absolute atomic E-state index is 13.6. The van der Waals surface area contributed by atoms with Crippen LogP contribution in [-0.2, 0) is 15.3 Å². The number of benzene rings is 3. The number of ether oxygens (including phenoxy) is 2. The van der Waals surface area contributed by atoms with Crippen molar-refractivity contribution < 1.29 is 14.3 Å². The Labute approximate surface area is 277 Å². The van der Waals surface area contributed by atoms with Gasteiger partial charge >= 0.3 is 0 Å². The van der Waals surface area contributed by atoms with Crippen LogP contribution in [0.25, 0.3) is 17.2 Å². The van der Waals surface area contributed by atoms with Crippen LogP contribution in [0.3, 0.4) is 0 Å². The fourth-order valence-corrected chi connectivity index (χ4v) is 6.07. The van der Waals surface area contributed by atoms with Gasteiger partial charge in [-0.15, -0.1) is 11.8 Å². The standard InChI is InChI=1S/C38H44N4O3S/c1-4-5-21-44-22-23-45-34-12-7-29(8-13-34)30-9-16-36-32(24-30)25-31(17-20-42(36)26-28(2)3)38(43)41-33-10-14-35(15-11-33)46-27-37-39-18-6-19-40-37/h6-16,18-19,24-25,28H,4-5,17,20-23,26-27H2,1-3H3,(H,41,43). The number of anilines is 2. The van der Waals surface area contributed by atoms with Gasteiger partial charge in [0.2, 0.25) is 0 Å². The predicted molar refractivity (Wildman–Crippen MR) is 189 cm³/mol. The highest BCUT2D eigenvalue weighted by molar-refractivity contribution is 7.98. The summed E-state index contributed by atoms with van der Waals surface area (Å²) in [5.41, 5.74) is 5.97. The number of nitrogens with one attached hydrogen (secondary N) is 1. The lowest BCUT2D eigenvalue weighted by molar-refractivity contribution is -0.112. The van der Waals surface area contributed by atoms with Crippen molar-refractivity contribution in [2.75, 3.05) is 43.1 Å². The maximum Gasteiger partial charge on any atom is 0.251 e. The zero-order valence-corrected chi connectivity index (χ0v) is 27.9. The number of rotatable bonds is 15. The Hall–Kier alpha value is -4.14. The van der Waals surface area contributed by atoms with E-state index in [0.717, 1.165) is 82.6 Å². The number of thioether (sulfide) groups is 1. The number of fused-ring (bicyclic) bond motifs is 1. The maximum atomic E-state index is 13.6. The number of hydrogen-bond acceptors (Lipinski definition) is 7. The summed E-state index contributed by atoms with van der Waals surface area (Å²) in [7, 11) is 0. The molecule has 0 fully saturated rings. The van der Waals surface area contributed by atoms with E-state index in [0.29, 0.717) is 31.3 Å². The lowest BCUT2D eigenvalue weighted by Gasteiger charge is -2.27. The Morgan fingerprint density at radius 2 is 1.72 bits per heavy atom. The molecule has 3 aromatic carbocycles. The van der Waals surface area contributed by atoms with Gasteiger partial charge in [-0.2, -0.15) is 0 Å². The van der Waals surface area contributed by atoms with Gasteiger partial charge in [0.25, 0.3) is 5.91 Å². The molecule has 0 aliphatic carbocycles. The number of aromatic nitrogens is 2. The van der Waals surface area contributed by atoms with Crippen LogP contribution < -0.4 is 15.0 Å². The Morgan fingerprint density at radius 3 is 2.46 bits per heavy atom. The zero-order valence-electron chi connectivity index (χ0n) is 27.1.